The molecule has 0 amide bonds. The molecule has 2 saturated carbocycles. The molecule has 0 saturated heterocycles. The van der Waals surface area contributed by atoms with Crippen molar-refractivity contribution in [2.45, 2.75) is 25.7 Å². The lowest BCUT2D eigenvalue weighted by atomic mass is 9.72. The molecule has 0 aliphatic heterocycles. The summed E-state index contributed by atoms with van der Waals surface area (Å²) in [4.78, 5) is 0. The fourth-order valence-corrected chi connectivity index (χ4v) is 2.83. The Morgan fingerprint density at radius 2 is 2.12 bits per heavy atom. The topological polar surface area (TPSA) is 0 Å². The molecule has 0 nitrogen and oxygen atoms in total. The second-order valence-electron chi connectivity index (χ2n) is 3.25. The summed E-state index contributed by atoms with van der Waals surface area (Å²) >= 11 is 3.54. The van der Waals surface area contributed by atoms with Gasteiger partial charge >= 0.3 is 0 Å². The van der Waals surface area contributed by atoms with Crippen molar-refractivity contribution in [3.05, 3.63) is 0 Å². The molecule has 0 aromatic carbocycles. The average molecular weight is 175 g/mol. The van der Waals surface area contributed by atoms with Gasteiger partial charge in [0, 0.05) is 5.33 Å². The van der Waals surface area contributed by atoms with Crippen LogP contribution in [0.15, 0.2) is 0 Å². The fraction of sp³-hybridized carbons (Fsp3) is 1.00. The molecule has 46 valence electrons. The van der Waals surface area contributed by atoms with Crippen LogP contribution in [-0.4, -0.2) is 5.33 Å². The molecule has 2 fully saturated rings. The van der Waals surface area contributed by atoms with Crippen LogP contribution in [-0.2, 0) is 0 Å². The van der Waals surface area contributed by atoms with Crippen LogP contribution in [0.4, 0.5) is 0 Å². The zero-order chi connectivity index (χ0) is 5.61. The van der Waals surface area contributed by atoms with Crippen LogP contribution in [0.25, 0.3) is 0 Å². The van der Waals surface area contributed by atoms with Gasteiger partial charge in [0.15, 0.2) is 0 Å². The quantitative estimate of drug-likeness (QED) is 0.537. The van der Waals surface area contributed by atoms with Gasteiger partial charge in [0.1, 0.15) is 0 Å². The van der Waals surface area contributed by atoms with Crippen LogP contribution in [0.5, 0.6) is 0 Å². The molecule has 8 heavy (non-hydrogen) atoms. The second kappa shape index (κ2) is 1.50. The first-order valence-electron chi connectivity index (χ1n) is 3.43. The van der Waals surface area contributed by atoms with Gasteiger partial charge in [-0.2, -0.15) is 0 Å². The van der Waals surface area contributed by atoms with E-state index in [4.69, 9.17) is 0 Å². The summed E-state index contributed by atoms with van der Waals surface area (Å²) in [5, 5.41) is 1.26. The van der Waals surface area contributed by atoms with Crippen molar-refractivity contribution >= 4 is 15.9 Å². The number of hydrogen-bond acceptors (Lipinski definition) is 0. The average Bonchev–Trinajstić information content (AvgIpc) is 2.42. The molecular weight excluding hydrogens is 164 g/mol. The highest BCUT2D eigenvalue weighted by Gasteiger charge is 2.54. The summed E-state index contributed by atoms with van der Waals surface area (Å²) in [6, 6.07) is 0. The third-order valence-electron chi connectivity index (χ3n) is 2.94. The van der Waals surface area contributed by atoms with Crippen molar-refractivity contribution in [3.8, 4) is 0 Å². The first kappa shape index (κ1) is 5.28. The van der Waals surface area contributed by atoms with E-state index in [9.17, 15) is 0 Å². The molecule has 1 heteroatoms. The molecule has 0 aromatic heterocycles. The Labute approximate surface area is 58.8 Å². The zero-order valence-corrected chi connectivity index (χ0v) is 6.58. The van der Waals surface area contributed by atoms with Crippen LogP contribution in [0.3, 0.4) is 0 Å². The second-order valence-corrected chi connectivity index (χ2v) is 3.90. The third kappa shape index (κ3) is 0.513. The van der Waals surface area contributed by atoms with Gasteiger partial charge in [0.25, 0.3) is 0 Å². The predicted octanol–water partition coefficient (Wildman–Crippen LogP) is 2.57. The van der Waals surface area contributed by atoms with E-state index in [1.807, 2.05) is 0 Å². The molecule has 0 aromatic rings. The van der Waals surface area contributed by atoms with Gasteiger partial charge in [-0.1, -0.05) is 15.9 Å². The van der Waals surface area contributed by atoms with Crippen molar-refractivity contribution in [1.82, 2.24) is 0 Å². The Balaban J connectivity index is 1.98. The standard InChI is InChI=1S/C7H11Br/c8-5-6-1-2-7(6)3-4-7/h6H,1-5H2. The smallest absolute Gasteiger partial charge is 0.00649 e. The summed E-state index contributed by atoms with van der Waals surface area (Å²) in [5.74, 6) is 1.06. The van der Waals surface area contributed by atoms with E-state index in [2.05, 4.69) is 15.9 Å². The van der Waals surface area contributed by atoms with Crippen molar-refractivity contribution < 1.29 is 0 Å². The maximum Gasteiger partial charge on any atom is 0.00649 e. The zero-order valence-electron chi connectivity index (χ0n) is 4.99. The minimum atomic E-state index is 0.892. The Morgan fingerprint density at radius 3 is 2.25 bits per heavy atom. The number of hydrogen-bond donors (Lipinski definition) is 0. The van der Waals surface area contributed by atoms with Gasteiger partial charge in [-0.05, 0) is 37.0 Å². The summed E-state index contributed by atoms with van der Waals surface area (Å²) in [6.07, 6.45) is 6.08. The first-order chi connectivity index (χ1) is 3.87. The normalized spacial score (nSPS) is 39.4. The van der Waals surface area contributed by atoms with E-state index in [0.29, 0.717) is 0 Å². The minimum Gasteiger partial charge on any atom is -0.0925 e. The maximum absolute atomic E-state index is 3.54. The van der Waals surface area contributed by atoms with Gasteiger partial charge in [0.2, 0.25) is 0 Å². The van der Waals surface area contributed by atoms with E-state index in [1.54, 1.807) is 0 Å². The molecular formula is C7H11Br. The van der Waals surface area contributed by atoms with Gasteiger partial charge < -0.3 is 0 Å². The Hall–Kier alpha value is 0.480. The summed E-state index contributed by atoms with van der Waals surface area (Å²) in [5.41, 5.74) is 0.892. The summed E-state index contributed by atoms with van der Waals surface area (Å²) in [6.45, 7) is 0. The van der Waals surface area contributed by atoms with Gasteiger partial charge in [-0.3, -0.25) is 0 Å². The summed E-state index contributed by atoms with van der Waals surface area (Å²) < 4.78 is 0. The van der Waals surface area contributed by atoms with Gasteiger partial charge in [-0.25, -0.2) is 0 Å². The van der Waals surface area contributed by atoms with E-state index in [1.165, 1.54) is 31.0 Å². The van der Waals surface area contributed by atoms with Crippen molar-refractivity contribution in [2.24, 2.45) is 11.3 Å². The van der Waals surface area contributed by atoms with Crippen LogP contribution < -0.4 is 0 Å². The molecule has 2 aliphatic carbocycles. The number of halogens is 1. The number of rotatable bonds is 1. The Morgan fingerprint density at radius 1 is 1.38 bits per heavy atom. The van der Waals surface area contributed by atoms with Crippen LogP contribution in [0, 0.1) is 11.3 Å². The highest BCUT2D eigenvalue weighted by molar-refractivity contribution is 9.09. The molecule has 1 atom stereocenters. The van der Waals surface area contributed by atoms with Crippen LogP contribution in [0.1, 0.15) is 25.7 Å². The van der Waals surface area contributed by atoms with E-state index in [0.717, 1.165) is 11.3 Å². The lowest BCUT2D eigenvalue weighted by Gasteiger charge is -2.35. The molecule has 0 heterocycles. The van der Waals surface area contributed by atoms with Crippen molar-refractivity contribution in [2.75, 3.05) is 5.33 Å². The van der Waals surface area contributed by atoms with Crippen LogP contribution >= 0.6 is 15.9 Å². The first-order valence-corrected chi connectivity index (χ1v) is 4.55. The molecule has 2 rings (SSSR count). The lowest BCUT2D eigenvalue weighted by molar-refractivity contribution is 0.175. The van der Waals surface area contributed by atoms with Crippen LogP contribution in [0.2, 0.25) is 0 Å². The van der Waals surface area contributed by atoms with Gasteiger partial charge in [0.05, 0.1) is 0 Å². The number of alkyl halides is 1. The Bertz CT molecular complexity index is 103. The predicted molar refractivity (Wildman–Crippen MR) is 38.2 cm³/mol. The molecule has 1 spiro atoms. The lowest BCUT2D eigenvalue weighted by Crippen LogP contribution is -2.28. The fourth-order valence-electron chi connectivity index (χ4n) is 1.82. The van der Waals surface area contributed by atoms with E-state index in [-0.39, 0.29) is 0 Å². The SMILES string of the molecule is BrCC1CCC12CC2. The highest BCUT2D eigenvalue weighted by atomic mass is 79.9. The maximum atomic E-state index is 3.54. The van der Waals surface area contributed by atoms with Crippen molar-refractivity contribution in [3.63, 3.8) is 0 Å². The van der Waals surface area contributed by atoms with Crippen molar-refractivity contribution in [1.29, 1.82) is 0 Å². The minimum absolute atomic E-state index is 0.892. The molecule has 0 N–H and O–H groups in total. The highest BCUT2D eigenvalue weighted by Crippen LogP contribution is 2.64. The molecule has 1 unspecified atom stereocenters. The summed E-state index contributed by atoms with van der Waals surface area (Å²) in [7, 11) is 0. The monoisotopic (exact) mass is 174 g/mol. The molecule has 0 radical (unpaired) electrons. The molecule has 2 aliphatic rings. The third-order valence-corrected chi connectivity index (χ3v) is 3.72. The molecule has 0 bridgehead atoms. The largest absolute Gasteiger partial charge is 0.0925 e. The van der Waals surface area contributed by atoms with E-state index < -0.39 is 0 Å². The Kier molecular flexibility index (Phi) is 0.989. The van der Waals surface area contributed by atoms with E-state index >= 15 is 0 Å². The van der Waals surface area contributed by atoms with Gasteiger partial charge in [-0.15, -0.1) is 0 Å².